The molecule has 0 fully saturated rings. The van der Waals surface area contributed by atoms with Gasteiger partial charge >= 0.3 is 0 Å². The fourth-order valence-electron chi connectivity index (χ4n) is 0.737. The molecule has 0 spiro atoms. The van der Waals surface area contributed by atoms with Crippen LogP contribution in [0.5, 0.6) is 0 Å². The van der Waals surface area contributed by atoms with Crippen molar-refractivity contribution in [3.05, 3.63) is 19.1 Å². The van der Waals surface area contributed by atoms with Crippen LogP contribution in [-0.2, 0) is 0 Å². The van der Waals surface area contributed by atoms with Crippen LogP contribution >= 0.6 is 0 Å². The highest BCUT2D eigenvalue weighted by Gasteiger charge is 2.08. The van der Waals surface area contributed by atoms with Gasteiger partial charge < -0.3 is 0 Å². The lowest BCUT2D eigenvalue weighted by molar-refractivity contribution is 0.460. The average Bonchev–Trinajstić information content (AvgIpc) is 1.87. The van der Waals surface area contributed by atoms with Crippen molar-refractivity contribution in [3.63, 3.8) is 0 Å². The molecule has 0 aliphatic carbocycles. The monoisotopic (exact) mass is 153 g/mol. The van der Waals surface area contributed by atoms with E-state index in [1.807, 2.05) is 0 Å². The molecule has 0 heteroatoms. The highest BCUT2D eigenvalue weighted by Crippen LogP contribution is 2.21. The van der Waals surface area contributed by atoms with Gasteiger partial charge in [-0.1, -0.05) is 46.8 Å². The molecule has 0 aliphatic heterocycles. The molecular weight excluding hydrogens is 132 g/mol. The molecule has 1 unspecified atom stereocenters. The Balaban J connectivity index is 3.73. The molecule has 1 radical (unpaired) electrons. The molecule has 0 aromatic heterocycles. The summed E-state index contributed by atoms with van der Waals surface area (Å²) in [5.41, 5.74) is 0.370. The van der Waals surface area contributed by atoms with Crippen LogP contribution in [0.1, 0.15) is 40.5 Å². The first kappa shape index (κ1) is 10.7. The minimum Gasteiger partial charge on any atom is -0.0877 e. The molecule has 0 bridgehead atoms. The molecule has 1 atom stereocenters. The van der Waals surface area contributed by atoms with Crippen molar-refractivity contribution in [1.29, 1.82) is 0 Å². The Labute approximate surface area is 71.7 Å². The van der Waals surface area contributed by atoms with Crippen LogP contribution in [0.3, 0.4) is 0 Å². The number of rotatable bonds is 4. The fraction of sp³-hybridized carbons (Fsp3) is 0.727. The number of hydrogen-bond acceptors (Lipinski definition) is 0. The van der Waals surface area contributed by atoms with E-state index in [2.05, 4.69) is 46.8 Å². The lowest BCUT2D eigenvalue weighted by atomic mass is 9.89. The van der Waals surface area contributed by atoms with Crippen LogP contribution in [0.4, 0.5) is 0 Å². The van der Waals surface area contributed by atoms with Gasteiger partial charge in [0.2, 0.25) is 0 Å². The molecule has 0 heterocycles. The minimum atomic E-state index is 0.370. The summed E-state index contributed by atoms with van der Waals surface area (Å²) in [6, 6.07) is 0. The van der Waals surface area contributed by atoms with Gasteiger partial charge in [0, 0.05) is 0 Å². The maximum atomic E-state index is 3.93. The van der Waals surface area contributed by atoms with Gasteiger partial charge in [0.25, 0.3) is 0 Å². The van der Waals surface area contributed by atoms with Gasteiger partial charge in [0.1, 0.15) is 0 Å². The van der Waals surface area contributed by atoms with Crippen molar-refractivity contribution in [3.8, 4) is 0 Å². The second-order valence-electron chi connectivity index (χ2n) is 4.09. The number of hydrogen-bond donors (Lipinski definition) is 0. The third kappa shape index (κ3) is 6.15. The summed E-state index contributed by atoms with van der Waals surface area (Å²) in [5, 5.41) is 0. The Hall–Kier alpha value is -0.260. The summed E-state index contributed by atoms with van der Waals surface area (Å²) in [7, 11) is 0. The smallest absolute Gasteiger partial charge is 0.0177 e. The van der Waals surface area contributed by atoms with Crippen molar-refractivity contribution in [2.75, 3.05) is 0 Å². The molecule has 0 N–H and O–H groups in total. The second kappa shape index (κ2) is 4.58. The zero-order valence-corrected chi connectivity index (χ0v) is 8.35. The predicted molar refractivity (Wildman–Crippen MR) is 52.4 cm³/mol. The molecule has 0 aliphatic rings. The second-order valence-corrected chi connectivity index (χ2v) is 4.09. The molecule has 0 saturated heterocycles. The third-order valence-corrected chi connectivity index (χ3v) is 2.02. The normalized spacial score (nSPS) is 13.3. The lowest BCUT2D eigenvalue weighted by Crippen LogP contribution is -2.04. The highest BCUT2D eigenvalue weighted by molar-refractivity contribution is 4.94. The van der Waals surface area contributed by atoms with Crippen LogP contribution in [0.15, 0.2) is 12.2 Å². The largest absolute Gasteiger partial charge is 0.0877 e. The van der Waals surface area contributed by atoms with Crippen molar-refractivity contribution < 1.29 is 0 Å². The summed E-state index contributed by atoms with van der Waals surface area (Å²) in [6.45, 7) is 12.8. The van der Waals surface area contributed by atoms with Crippen molar-refractivity contribution in [1.82, 2.24) is 0 Å². The van der Waals surface area contributed by atoms with Crippen molar-refractivity contribution in [2.24, 2.45) is 11.3 Å². The van der Waals surface area contributed by atoms with Gasteiger partial charge in [-0.05, 0) is 24.2 Å². The zero-order valence-electron chi connectivity index (χ0n) is 8.35. The zero-order chi connectivity index (χ0) is 8.91. The van der Waals surface area contributed by atoms with E-state index in [4.69, 9.17) is 0 Å². The van der Waals surface area contributed by atoms with Gasteiger partial charge in [-0.25, -0.2) is 0 Å². The van der Waals surface area contributed by atoms with Crippen molar-refractivity contribution in [2.45, 2.75) is 40.5 Å². The maximum Gasteiger partial charge on any atom is -0.0177 e. The molecule has 65 valence electrons. The van der Waals surface area contributed by atoms with E-state index >= 15 is 0 Å². The van der Waals surface area contributed by atoms with Crippen LogP contribution in [0.2, 0.25) is 0 Å². The van der Waals surface area contributed by atoms with Crippen LogP contribution in [0.25, 0.3) is 0 Å². The minimum absolute atomic E-state index is 0.370. The molecule has 0 aromatic carbocycles. The van der Waals surface area contributed by atoms with E-state index in [-0.39, 0.29) is 0 Å². The Morgan fingerprint density at radius 2 is 2.00 bits per heavy atom. The number of allylic oxidation sites excluding steroid dienone is 2. The maximum absolute atomic E-state index is 3.93. The first-order valence-electron chi connectivity index (χ1n) is 4.48. The average molecular weight is 153 g/mol. The van der Waals surface area contributed by atoms with Crippen molar-refractivity contribution >= 4 is 0 Å². The Bertz CT molecular complexity index is 118. The van der Waals surface area contributed by atoms with E-state index in [1.54, 1.807) is 0 Å². The molecular formula is C11H21. The SMILES string of the molecule is [CH2]C(C)CC=CC(C)(C)CC. The summed E-state index contributed by atoms with van der Waals surface area (Å²) < 4.78 is 0. The van der Waals surface area contributed by atoms with Crippen LogP contribution in [-0.4, -0.2) is 0 Å². The van der Waals surface area contributed by atoms with Gasteiger partial charge in [0.15, 0.2) is 0 Å². The van der Waals surface area contributed by atoms with Crippen LogP contribution < -0.4 is 0 Å². The van der Waals surface area contributed by atoms with E-state index in [1.165, 1.54) is 6.42 Å². The van der Waals surface area contributed by atoms with E-state index in [9.17, 15) is 0 Å². The summed E-state index contributed by atoms with van der Waals surface area (Å²) in [6.07, 6.45) is 6.86. The first-order valence-corrected chi connectivity index (χ1v) is 4.48. The summed E-state index contributed by atoms with van der Waals surface area (Å²) >= 11 is 0. The third-order valence-electron chi connectivity index (χ3n) is 2.02. The predicted octanol–water partition coefficient (Wildman–Crippen LogP) is 3.84. The first-order chi connectivity index (χ1) is 4.98. The molecule has 11 heavy (non-hydrogen) atoms. The highest BCUT2D eigenvalue weighted by atomic mass is 14.1. The molecule has 0 rings (SSSR count). The van der Waals surface area contributed by atoms with E-state index in [0.29, 0.717) is 11.3 Å². The Morgan fingerprint density at radius 3 is 2.36 bits per heavy atom. The van der Waals surface area contributed by atoms with Gasteiger partial charge in [-0.3, -0.25) is 0 Å². The molecule has 0 aromatic rings. The van der Waals surface area contributed by atoms with E-state index < -0.39 is 0 Å². The van der Waals surface area contributed by atoms with Gasteiger partial charge in [0.05, 0.1) is 0 Å². The fourth-order valence-corrected chi connectivity index (χ4v) is 0.737. The standard InChI is InChI=1S/C11H21/c1-6-11(4,5)9-7-8-10(2)3/h7,9-10H,2,6,8H2,1,3-5H3. The van der Waals surface area contributed by atoms with Crippen LogP contribution in [0, 0.1) is 18.3 Å². The molecule has 0 nitrogen and oxygen atoms in total. The molecule has 0 amide bonds. The Morgan fingerprint density at radius 1 is 1.45 bits per heavy atom. The van der Waals surface area contributed by atoms with E-state index in [0.717, 1.165) is 6.42 Å². The van der Waals surface area contributed by atoms with Gasteiger partial charge in [-0.15, -0.1) is 0 Å². The van der Waals surface area contributed by atoms with Gasteiger partial charge in [-0.2, -0.15) is 0 Å². The summed E-state index contributed by atoms with van der Waals surface area (Å²) in [4.78, 5) is 0. The summed E-state index contributed by atoms with van der Waals surface area (Å²) in [5.74, 6) is 0.541. The molecule has 0 saturated carbocycles. The quantitative estimate of drug-likeness (QED) is 0.538. The lowest BCUT2D eigenvalue weighted by Gasteiger charge is -2.16. The Kier molecular flexibility index (Phi) is 4.48. The topological polar surface area (TPSA) is 0 Å².